The molecular weight excluding hydrogens is 154 g/mol. The Labute approximate surface area is 73.3 Å². The zero-order valence-corrected chi connectivity index (χ0v) is 8.42. The van der Waals surface area contributed by atoms with Crippen molar-refractivity contribution in [3.05, 3.63) is 10.1 Å². The lowest BCUT2D eigenvalue weighted by Gasteiger charge is -2.56. The first kappa shape index (κ1) is 9.49. The van der Waals surface area contributed by atoms with Crippen LogP contribution in [0.2, 0.25) is 0 Å². The van der Waals surface area contributed by atoms with Crippen LogP contribution in [0.3, 0.4) is 0 Å². The van der Waals surface area contributed by atoms with Gasteiger partial charge in [0.2, 0.25) is 5.54 Å². The summed E-state index contributed by atoms with van der Waals surface area (Å²) in [5.41, 5.74) is -0.592. The highest BCUT2D eigenvalue weighted by Gasteiger charge is 2.68. The molecule has 0 bridgehead atoms. The molecule has 70 valence electrons. The third-order valence-corrected chi connectivity index (χ3v) is 4.38. The Hall–Kier alpha value is -0.600. The first-order valence-electron chi connectivity index (χ1n) is 4.40. The molecular formula is C9H17NO2. The second-order valence-corrected chi connectivity index (χ2v) is 4.75. The van der Waals surface area contributed by atoms with Gasteiger partial charge < -0.3 is 0 Å². The van der Waals surface area contributed by atoms with Crippen LogP contribution in [0, 0.1) is 27.4 Å². The van der Waals surface area contributed by atoms with E-state index >= 15 is 0 Å². The molecule has 0 N–H and O–H groups in total. The van der Waals surface area contributed by atoms with Gasteiger partial charge in [0.1, 0.15) is 0 Å². The topological polar surface area (TPSA) is 43.1 Å². The molecule has 0 aromatic heterocycles. The van der Waals surface area contributed by atoms with Gasteiger partial charge in [-0.2, -0.15) is 0 Å². The molecule has 0 aromatic rings. The lowest BCUT2D eigenvalue weighted by Crippen LogP contribution is -2.67. The van der Waals surface area contributed by atoms with Crippen molar-refractivity contribution in [3.8, 4) is 0 Å². The average molecular weight is 171 g/mol. The molecule has 3 heteroatoms. The van der Waals surface area contributed by atoms with Crippen LogP contribution < -0.4 is 0 Å². The van der Waals surface area contributed by atoms with Gasteiger partial charge in [-0.3, -0.25) is 10.1 Å². The Morgan fingerprint density at radius 2 is 1.50 bits per heavy atom. The molecule has 0 amide bonds. The van der Waals surface area contributed by atoms with Crippen molar-refractivity contribution in [2.45, 2.75) is 40.2 Å². The van der Waals surface area contributed by atoms with Gasteiger partial charge in [-0.1, -0.05) is 27.7 Å². The number of nitro groups is 1. The van der Waals surface area contributed by atoms with Gasteiger partial charge >= 0.3 is 0 Å². The summed E-state index contributed by atoms with van der Waals surface area (Å²) in [6.07, 6.45) is 0. The molecule has 12 heavy (non-hydrogen) atoms. The van der Waals surface area contributed by atoms with Crippen LogP contribution in [0.25, 0.3) is 0 Å². The van der Waals surface area contributed by atoms with Crippen LogP contribution in [0.4, 0.5) is 0 Å². The van der Waals surface area contributed by atoms with E-state index in [1.807, 2.05) is 13.8 Å². The zero-order chi connectivity index (χ0) is 9.73. The third-order valence-electron chi connectivity index (χ3n) is 4.38. The van der Waals surface area contributed by atoms with Gasteiger partial charge in [0.15, 0.2) is 0 Å². The first-order chi connectivity index (χ1) is 5.25. The molecule has 0 spiro atoms. The van der Waals surface area contributed by atoms with Gasteiger partial charge in [-0.25, -0.2) is 0 Å². The molecule has 2 unspecified atom stereocenters. The van der Waals surface area contributed by atoms with Crippen LogP contribution >= 0.6 is 0 Å². The van der Waals surface area contributed by atoms with Crippen molar-refractivity contribution in [2.24, 2.45) is 17.3 Å². The summed E-state index contributed by atoms with van der Waals surface area (Å²) in [6.45, 7) is 9.92. The highest BCUT2D eigenvalue weighted by Crippen LogP contribution is 2.58. The summed E-state index contributed by atoms with van der Waals surface area (Å²) in [5.74, 6) is 0.324. The Balaban J connectivity index is 2.94. The van der Waals surface area contributed by atoms with Gasteiger partial charge in [0, 0.05) is 23.7 Å². The molecule has 1 aliphatic carbocycles. The molecule has 2 atom stereocenters. The van der Waals surface area contributed by atoms with Gasteiger partial charge in [0.25, 0.3) is 0 Å². The van der Waals surface area contributed by atoms with E-state index in [9.17, 15) is 10.1 Å². The Morgan fingerprint density at radius 3 is 1.67 bits per heavy atom. The van der Waals surface area contributed by atoms with E-state index in [2.05, 4.69) is 13.8 Å². The summed E-state index contributed by atoms with van der Waals surface area (Å²) in [7, 11) is 0. The molecule has 0 saturated heterocycles. The van der Waals surface area contributed by atoms with Crippen molar-refractivity contribution >= 4 is 0 Å². The molecule has 1 fully saturated rings. The Kier molecular flexibility index (Phi) is 1.75. The largest absolute Gasteiger partial charge is 0.264 e. The zero-order valence-electron chi connectivity index (χ0n) is 8.42. The lowest BCUT2D eigenvalue weighted by molar-refractivity contribution is -0.619. The van der Waals surface area contributed by atoms with E-state index < -0.39 is 5.54 Å². The van der Waals surface area contributed by atoms with Gasteiger partial charge in [-0.05, 0) is 5.41 Å². The van der Waals surface area contributed by atoms with Crippen LogP contribution in [0.1, 0.15) is 34.6 Å². The lowest BCUT2D eigenvalue weighted by atomic mass is 9.46. The molecule has 0 heterocycles. The maximum absolute atomic E-state index is 10.8. The minimum atomic E-state index is -0.705. The number of rotatable bonds is 1. The summed E-state index contributed by atoms with van der Waals surface area (Å²) in [6, 6.07) is 0. The normalized spacial score (nSPS) is 45.1. The summed E-state index contributed by atoms with van der Waals surface area (Å²) >= 11 is 0. The van der Waals surface area contributed by atoms with E-state index in [0.717, 1.165) is 0 Å². The third kappa shape index (κ3) is 0.767. The monoisotopic (exact) mass is 171 g/mol. The predicted molar refractivity (Wildman–Crippen MR) is 47.5 cm³/mol. The molecule has 1 aliphatic rings. The molecule has 0 aromatic carbocycles. The molecule has 0 radical (unpaired) electrons. The molecule has 1 rings (SSSR count). The first-order valence-corrected chi connectivity index (χ1v) is 4.40. The highest BCUT2D eigenvalue weighted by molar-refractivity contribution is 5.08. The second-order valence-electron chi connectivity index (χ2n) is 4.75. The van der Waals surface area contributed by atoms with Crippen molar-refractivity contribution in [1.29, 1.82) is 0 Å². The smallest absolute Gasteiger partial charge is 0.225 e. The van der Waals surface area contributed by atoms with Crippen LogP contribution in [-0.4, -0.2) is 10.5 Å². The SMILES string of the molecule is CC1C(C)(C)C(C)C1(C)[N+](=O)[O-]. The van der Waals surface area contributed by atoms with Crippen LogP contribution in [0.5, 0.6) is 0 Å². The fourth-order valence-corrected chi connectivity index (χ4v) is 2.48. The number of hydrogen-bond acceptors (Lipinski definition) is 2. The molecule has 1 saturated carbocycles. The van der Waals surface area contributed by atoms with Crippen LogP contribution in [-0.2, 0) is 0 Å². The van der Waals surface area contributed by atoms with Crippen LogP contribution in [0.15, 0.2) is 0 Å². The predicted octanol–water partition coefficient (Wildman–Crippen LogP) is 2.33. The van der Waals surface area contributed by atoms with E-state index in [0.29, 0.717) is 0 Å². The van der Waals surface area contributed by atoms with E-state index in [4.69, 9.17) is 0 Å². The van der Waals surface area contributed by atoms with E-state index in [1.54, 1.807) is 6.92 Å². The number of nitrogens with zero attached hydrogens (tertiary/aromatic N) is 1. The number of hydrogen-bond donors (Lipinski definition) is 0. The Morgan fingerprint density at radius 1 is 1.17 bits per heavy atom. The second kappa shape index (κ2) is 2.21. The van der Waals surface area contributed by atoms with E-state index in [-0.39, 0.29) is 22.2 Å². The Bertz CT molecular complexity index is 211. The summed E-state index contributed by atoms with van der Waals surface area (Å²) in [4.78, 5) is 10.7. The quantitative estimate of drug-likeness (QED) is 0.449. The molecule has 3 nitrogen and oxygen atoms in total. The maximum atomic E-state index is 10.8. The molecule has 0 aliphatic heterocycles. The minimum absolute atomic E-state index is 0.113. The highest BCUT2D eigenvalue weighted by atomic mass is 16.6. The van der Waals surface area contributed by atoms with Crippen molar-refractivity contribution in [1.82, 2.24) is 0 Å². The van der Waals surface area contributed by atoms with Gasteiger partial charge in [0.05, 0.1) is 0 Å². The van der Waals surface area contributed by atoms with Gasteiger partial charge in [-0.15, -0.1) is 0 Å². The van der Waals surface area contributed by atoms with E-state index in [1.165, 1.54) is 0 Å². The van der Waals surface area contributed by atoms with Crippen molar-refractivity contribution in [2.75, 3.05) is 0 Å². The fraction of sp³-hybridized carbons (Fsp3) is 1.00. The standard InChI is InChI=1S/C9H17NO2/c1-6-8(3,4)7(2)9(6,5)10(11)12/h6-7H,1-5H3. The van der Waals surface area contributed by atoms with Crippen molar-refractivity contribution < 1.29 is 4.92 Å². The fourth-order valence-electron chi connectivity index (χ4n) is 2.48. The summed E-state index contributed by atoms with van der Waals surface area (Å²) in [5, 5.41) is 10.8. The average Bonchev–Trinajstić information content (AvgIpc) is 2.00. The minimum Gasteiger partial charge on any atom is -0.264 e. The summed E-state index contributed by atoms with van der Waals surface area (Å²) < 4.78 is 0. The van der Waals surface area contributed by atoms with Crippen molar-refractivity contribution in [3.63, 3.8) is 0 Å². The maximum Gasteiger partial charge on any atom is 0.225 e.